The third-order valence-corrected chi connectivity index (χ3v) is 3.57. The van der Waals surface area contributed by atoms with E-state index in [1.54, 1.807) is 6.92 Å². The second kappa shape index (κ2) is 8.84. The number of amides is 1. The molecule has 0 unspecified atom stereocenters. The van der Waals surface area contributed by atoms with E-state index in [-0.39, 0.29) is 13.0 Å². The summed E-state index contributed by atoms with van der Waals surface area (Å²) in [5.74, 6) is -1.49. The number of carbonyl (C=O) groups excluding carboxylic acids is 1. The van der Waals surface area contributed by atoms with E-state index in [0.717, 1.165) is 16.7 Å². The van der Waals surface area contributed by atoms with Crippen molar-refractivity contribution < 1.29 is 19.4 Å². The van der Waals surface area contributed by atoms with Crippen molar-refractivity contribution in [1.29, 1.82) is 0 Å². The van der Waals surface area contributed by atoms with Crippen LogP contribution in [0.2, 0.25) is 0 Å². The van der Waals surface area contributed by atoms with Crippen LogP contribution < -0.4 is 5.32 Å². The summed E-state index contributed by atoms with van der Waals surface area (Å²) >= 11 is 0. The Morgan fingerprint density at radius 1 is 1.04 bits per heavy atom. The van der Waals surface area contributed by atoms with Crippen LogP contribution in [-0.4, -0.2) is 36.2 Å². The number of benzene rings is 2. The van der Waals surface area contributed by atoms with Gasteiger partial charge in [-0.15, -0.1) is 0 Å². The smallest absolute Gasteiger partial charge is 0.326 e. The van der Waals surface area contributed by atoms with Crippen LogP contribution in [0, 0.1) is 0 Å². The van der Waals surface area contributed by atoms with Crippen LogP contribution in [0.25, 0.3) is 11.1 Å². The Morgan fingerprint density at radius 2 is 1.67 bits per heavy atom. The number of nitrogens with one attached hydrogen (secondary N) is 1. The van der Waals surface area contributed by atoms with Gasteiger partial charge in [0.25, 0.3) is 0 Å². The van der Waals surface area contributed by atoms with Gasteiger partial charge in [0, 0.05) is 13.0 Å². The molecule has 0 aliphatic carbocycles. The van der Waals surface area contributed by atoms with Crippen molar-refractivity contribution in [1.82, 2.24) is 5.32 Å². The summed E-state index contributed by atoms with van der Waals surface area (Å²) in [6, 6.07) is 16.6. The lowest BCUT2D eigenvalue weighted by molar-refractivity contribution is -0.142. The summed E-state index contributed by atoms with van der Waals surface area (Å²) < 4.78 is 4.99. The molecule has 0 aromatic heterocycles. The molecule has 1 amide bonds. The first kappa shape index (κ1) is 17.7. The number of ether oxygens (including phenoxy) is 1. The summed E-state index contributed by atoms with van der Waals surface area (Å²) in [6.45, 7) is 2.05. The topological polar surface area (TPSA) is 75.6 Å². The highest BCUT2D eigenvalue weighted by atomic mass is 16.5. The maximum Gasteiger partial charge on any atom is 0.326 e. The van der Waals surface area contributed by atoms with E-state index in [9.17, 15) is 14.7 Å². The zero-order chi connectivity index (χ0) is 17.4. The van der Waals surface area contributed by atoms with Gasteiger partial charge in [0.2, 0.25) is 5.91 Å². The second-order valence-electron chi connectivity index (χ2n) is 5.36. The normalized spacial score (nSPS) is 11.7. The maximum atomic E-state index is 11.6. The van der Waals surface area contributed by atoms with Gasteiger partial charge < -0.3 is 15.2 Å². The molecule has 126 valence electrons. The molecule has 0 heterocycles. The molecular weight excluding hydrogens is 306 g/mol. The molecule has 0 saturated carbocycles. The highest BCUT2D eigenvalue weighted by Crippen LogP contribution is 2.19. The van der Waals surface area contributed by atoms with Crippen LogP contribution >= 0.6 is 0 Å². The van der Waals surface area contributed by atoms with E-state index >= 15 is 0 Å². The minimum absolute atomic E-state index is 0.132. The molecule has 0 bridgehead atoms. The fourth-order valence-corrected chi connectivity index (χ4v) is 2.33. The zero-order valence-electron chi connectivity index (χ0n) is 13.6. The van der Waals surface area contributed by atoms with E-state index in [4.69, 9.17) is 4.74 Å². The summed E-state index contributed by atoms with van der Waals surface area (Å²) in [6.07, 6.45) is 0.224. The van der Waals surface area contributed by atoms with E-state index in [1.807, 2.05) is 54.6 Å². The van der Waals surface area contributed by atoms with Crippen LogP contribution in [0.1, 0.15) is 12.5 Å². The summed E-state index contributed by atoms with van der Waals surface area (Å²) in [5, 5.41) is 11.8. The van der Waals surface area contributed by atoms with Gasteiger partial charge in [0.1, 0.15) is 12.6 Å². The monoisotopic (exact) mass is 327 g/mol. The van der Waals surface area contributed by atoms with E-state index in [0.29, 0.717) is 6.61 Å². The molecule has 1 atom stereocenters. The fraction of sp³-hybridized carbons (Fsp3) is 0.263. The Hall–Kier alpha value is -2.66. The summed E-state index contributed by atoms with van der Waals surface area (Å²) in [4.78, 5) is 23.0. The third kappa shape index (κ3) is 5.21. The van der Waals surface area contributed by atoms with Crippen LogP contribution in [0.4, 0.5) is 0 Å². The predicted octanol–water partition coefficient (Wildman–Crippen LogP) is 2.50. The molecular formula is C19H21NO4. The average Bonchev–Trinajstić information content (AvgIpc) is 2.60. The fourth-order valence-electron chi connectivity index (χ4n) is 2.33. The predicted molar refractivity (Wildman–Crippen MR) is 91.6 cm³/mol. The number of aliphatic carboxylic acids is 1. The molecule has 5 nitrogen and oxygen atoms in total. The standard InChI is InChI=1S/C19H21NO4/c1-2-24-13-18(21)20-17(19(22)23)12-14-8-10-16(11-9-14)15-6-4-3-5-7-15/h3-11,17H,2,12-13H2,1H3,(H,20,21)(H,22,23)/t17-/m0/s1. The van der Waals surface area contributed by atoms with Gasteiger partial charge in [-0.2, -0.15) is 0 Å². The van der Waals surface area contributed by atoms with Crippen molar-refractivity contribution in [2.45, 2.75) is 19.4 Å². The van der Waals surface area contributed by atoms with Crippen LogP contribution in [-0.2, 0) is 20.7 Å². The molecule has 0 saturated heterocycles. The minimum Gasteiger partial charge on any atom is -0.480 e. The van der Waals surface area contributed by atoms with Gasteiger partial charge in [0.15, 0.2) is 0 Å². The quantitative estimate of drug-likeness (QED) is 0.781. The molecule has 0 aliphatic heterocycles. The van der Waals surface area contributed by atoms with Gasteiger partial charge in [-0.3, -0.25) is 4.79 Å². The molecule has 2 rings (SSSR count). The first-order chi connectivity index (χ1) is 11.6. The Morgan fingerprint density at radius 3 is 2.25 bits per heavy atom. The third-order valence-electron chi connectivity index (χ3n) is 3.57. The molecule has 2 aromatic carbocycles. The van der Waals surface area contributed by atoms with E-state index in [2.05, 4.69) is 5.32 Å². The number of carboxylic acids is 1. The molecule has 2 N–H and O–H groups in total. The first-order valence-electron chi connectivity index (χ1n) is 7.84. The number of hydrogen-bond acceptors (Lipinski definition) is 3. The van der Waals surface area contributed by atoms with E-state index in [1.165, 1.54) is 0 Å². The lowest BCUT2D eigenvalue weighted by Crippen LogP contribution is -2.43. The molecule has 0 spiro atoms. The Kier molecular flexibility index (Phi) is 6.51. The van der Waals surface area contributed by atoms with Crippen molar-refractivity contribution in [3.63, 3.8) is 0 Å². The number of rotatable bonds is 8. The molecule has 0 fully saturated rings. The number of carbonyl (C=O) groups is 2. The van der Waals surface area contributed by atoms with Crippen LogP contribution in [0.5, 0.6) is 0 Å². The first-order valence-corrected chi connectivity index (χ1v) is 7.84. The number of hydrogen-bond donors (Lipinski definition) is 2. The van der Waals surface area contributed by atoms with Crippen LogP contribution in [0.3, 0.4) is 0 Å². The SMILES string of the molecule is CCOCC(=O)N[C@@H](Cc1ccc(-c2ccccc2)cc1)C(=O)O. The minimum atomic E-state index is -1.06. The lowest BCUT2D eigenvalue weighted by atomic mass is 10.0. The van der Waals surface area contributed by atoms with Gasteiger partial charge in [0.05, 0.1) is 0 Å². The largest absolute Gasteiger partial charge is 0.480 e. The zero-order valence-corrected chi connectivity index (χ0v) is 13.6. The van der Waals surface area contributed by atoms with Crippen molar-refractivity contribution in [2.75, 3.05) is 13.2 Å². The van der Waals surface area contributed by atoms with Gasteiger partial charge >= 0.3 is 5.97 Å². The van der Waals surface area contributed by atoms with Crippen molar-refractivity contribution in [3.05, 3.63) is 60.2 Å². The van der Waals surface area contributed by atoms with Gasteiger partial charge in [-0.05, 0) is 23.6 Å². The Labute approximate surface area is 141 Å². The van der Waals surface area contributed by atoms with E-state index < -0.39 is 17.9 Å². The molecule has 0 aliphatic rings. The van der Waals surface area contributed by atoms with Crippen molar-refractivity contribution in [3.8, 4) is 11.1 Å². The lowest BCUT2D eigenvalue weighted by Gasteiger charge is -2.15. The van der Waals surface area contributed by atoms with Crippen molar-refractivity contribution in [2.24, 2.45) is 0 Å². The Bertz CT molecular complexity index is 668. The molecule has 0 radical (unpaired) electrons. The number of carboxylic acid groups (broad SMARTS) is 1. The second-order valence-corrected chi connectivity index (χ2v) is 5.36. The van der Waals surface area contributed by atoms with Crippen molar-refractivity contribution >= 4 is 11.9 Å². The Balaban J connectivity index is 2.02. The van der Waals surface area contributed by atoms with Crippen LogP contribution in [0.15, 0.2) is 54.6 Å². The average molecular weight is 327 g/mol. The highest BCUT2D eigenvalue weighted by Gasteiger charge is 2.20. The summed E-state index contributed by atoms with van der Waals surface area (Å²) in [5.41, 5.74) is 3.01. The summed E-state index contributed by atoms with van der Waals surface area (Å²) in [7, 11) is 0. The molecule has 24 heavy (non-hydrogen) atoms. The highest BCUT2D eigenvalue weighted by molar-refractivity contribution is 5.84. The maximum absolute atomic E-state index is 11.6. The molecule has 5 heteroatoms. The van der Waals surface area contributed by atoms with Gasteiger partial charge in [-0.1, -0.05) is 54.6 Å². The molecule has 2 aromatic rings. The van der Waals surface area contributed by atoms with Gasteiger partial charge in [-0.25, -0.2) is 4.79 Å².